The zero-order valence-corrected chi connectivity index (χ0v) is 11.0. The second-order valence-corrected chi connectivity index (χ2v) is 4.20. The highest BCUT2D eigenvalue weighted by Gasteiger charge is 1.94. The zero-order chi connectivity index (χ0) is 11.6. The van der Waals surface area contributed by atoms with Gasteiger partial charge >= 0.3 is 0 Å². The van der Waals surface area contributed by atoms with Gasteiger partial charge in [-0.2, -0.15) is 0 Å². The summed E-state index contributed by atoms with van der Waals surface area (Å²) in [4.78, 5) is 0. The van der Waals surface area contributed by atoms with E-state index < -0.39 is 0 Å². The Morgan fingerprint density at radius 2 is 1.81 bits per heavy atom. The highest BCUT2D eigenvalue weighted by Crippen LogP contribution is 2.12. The molecule has 0 atom stereocenters. The molecule has 1 aromatic rings. The fourth-order valence-electron chi connectivity index (χ4n) is 1.18. The maximum absolute atomic E-state index is 5.47. The molecule has 1 rings (SSSR count). The summed E-state index contributed by atoms with van der Waals surface area (Å²) in [5.74, 6) is 0. The summed E-state index contributed by atoms with van der Waals surface area (Å²) < 4.78 is 16.7. The molecule has 0 saturated carbocycles. The Kier molecular flexibility index (Phi) is 7.42. The van der Waals surface area contributed by atoms with Crippen LogP contribution in [0.4, 0.5) is 0 Å². The van der Waals surface area contributed by atoms with Crippen LogP contribution in [-0.4, -0.2) is 33.5 Å². The van der Waals surface area contributed by atoms with Crippen LogP contribution in [0, 0.1) is 0 Å². The smallest absolute Gasteiger partial charge is 0.0718 e. The minimum absolute atomic E-state index is 0.607. The minimum Gasteiger partial charge on any atom is -0.382 e. The summed E-state index contributed by atoms with van der Waals surface area (Å²) in [7, 11) is 1.66. The lowest BCUT2D eigenvalue weighted by Gasteiger charge is -2.05. The average molecular weight is 289 g/mol. The van der Waals surface area contributed by atoms with Gasteiger partial charge in [0.1, 0.15) is 0 Å². The molecular weight excluding hydrogens is 272 g/mol. The van der Waals surface area contributed by atoms with Gasteiger partial charge in [0.2, 0.25) is 0 Å². The molecule has 0 spiro atoms. The van der Waals surface area contributed by atoms with E-state index in [1.54, 1.807) is 7.11 Å². The van der Waals surface area contributed by atoms with Gasteiger partial charge in [-0.25, -0.2) is 0 Å². The van der Waals surface area contributed by atoms with Gasteiger partial charge in [-0.15, -0.1) is 0 Å². The van der Waals surface area contributed by atoms with Crippen LogP contribution in [0.25, 0.3) is 0 Å². The summed E-state index contributed by atoms with van der Waals surface area (Å²) in [6.45, 7) is 3.09. The predicted octanol–water partition coefficient (Wildman–Crippen LogP) is 2.63. The van der Waals surface area contributed by atoms with Crippen molar-refractivity contribution >= 4 is 15.9 Å². The van der Waals surface area contributed by atoms with Crippen molar-refractivity contribution in [1.82, 2.24) is 0 Å². The summed E-state index contributed by atoms with van der Waals surface area (Å²) in [6, 6.07) is 8.08. The zero-order valence-electron chi connectivity index (χ0n) is 9.45. The number of halogens is 1. The summed E-state index contributed by atoms with van der Waals surface area (Å²) in [5.41, 5.74) is 1.16. The number of rotatable bonds is 8. The first-order valence-corrected chi connectivity index (χ1v) is 6.01. The Bertz CT molecular complexity index is 291. The van der Waals surface area contributed by atoms with Gasteiger partial charge in [0.25, 0.3) is 0 Å². The molecule has 16 heavy (non-hydrogen) atoms. The molecule has 0 aliphatic heterocycles. The monoisotopic (exact) mass is 288 g/mol. The van der Waals surface area contributed by atoms with Crippen molar-refractivity contribution in [3.8, 4) is 0 Å². The fraction of sp³-hybridized carbons (Fsp3) is 0.500. The van der Waals surface area contributed by atoms with Gasteiger partial charge in [-0.3, -0.25) is 0 Å². The van der Waals surface area contributed by atoms with Crippen molar-refractivity contribution in [3.05, 3.63) is 34.3 Å². The Labute approximate surface area is 105 Å². The topological polar surface area (TPSA) is 27.7 Å². The van der Waals surface area contributed by atoms with Gasteiger partial charge in [0, 0.05) is 11.6 Å². The molecule has 0 N–H and O–H groups in total. The Morgan fingerprint density at radius 3 is 2.56 bits per heavy atom. The average Bonchev–Trinajstić information content (AvgIpc) is 2.28. The van der Waals surface area contributed by atoms with E-state index in [-0.39, 0.29) is 0 Å². The molecule has 0 heterocycles. The first kappa shape index (κ1) is 13.6. The number of hydrogen-bond acceptors (Lipinski definition) is 3. The lowest BCUT2D eigenvalue weighted by Crippen LogP contribution is -2.08. The van der Waals surface area contributed by atoms with Crippen LogP contribution in [-0.2, 0) is 20.8 Å². The maximum atomic E-state index is 5.47. The van der Waals surface area contributed by atoms with E-state index in [1.807, 2.05) is 24.3 Å². The maximum Gasteiger partial charge on any atom is 0.0718 e. The molecule has 0 unspecified atom stereocenters. The third-order valence-electron chi connectivity index (χ3n) is 1.96. The van der Waals surface area contributed by atoms with E-state index in [1.165, 1.54) is 0 Å². The molecular formula is C12H17BrO3. The SMILES string of the molecule is COCCOCCOCc1cccc(Br)c1. The van der Waals surface area contributed by atoms with Crippen molar-refractivity contribution in [2.45, 2.75) is 6.61 Å². The number of ether oxygens (including phenoxy) is 3. The lowest BCUT2D eigenvalue weighted by atomic mass is 10.2. The van der Waals surface area contributed by atoms with E-state index in [2.05, 4.69) is 15.9 Å². The van der Waals surface area contributed by atoms with Crippen molar-refractivity contribution in [2.75, 3.05) is 33.5 Å². The predicted molar refractivity (Wildman–Crippen MR) is 66.5 cm³/mol. The number of hydrogen-bond donors (Lipinski definition) is 0. The van der Waals surface area contributed by atoms with Gasteiger partial charge in [0.05, 0.1) is 33.0 Å². The molecule has 4 heteroatoms. The molecule has 0 aliphatic rings. The molecule has 0 aromatic heterocycles. The van der Waals surface area contributed by atoms with Crippen LogP contribution >= 0.6 is 15.9 Å². The number of methoxy groups -OCH3 is 1. The number of benzene rings is 1. The van der Waals surface area contributed by atoms with Gasteiger partial charge in [-0.05, 0) is 17.7 Å². The van der Waals surface area contributed by atoms with Gasteiger partial charge in [0.15, 0.2) is 0 Å². The van der Waals surface area contributed by atoms with E-state index in [0.29, 0.717) is 33.0 Å². The van der Waals surface area contributed by atoms with Crippen molar-refractivity contribution in [3.63, 3.8) is 0 Å². The molecule has 0 saturated heterocycles. The lowest BCUT2D eigenvalue weighted by molar-refractivity contribution is 0.0199. The Morgan fingerprint density at radius 1 is 1.06 bits per heavy atom. The summed E-state index contributed by atoms with van der Waals surface area (Å²) in [5, 5.41) is 0. The fourth-order valence-corrected chi connectivity index (χ4v) is 1.63. The first-order chi connectivity index (χ1) is 7.83. The highest BCUT2D eigenvalue weighted by atomic mass is 79.9. The van der Waals surface area contributed by atoms with Crippen molar-refractivity contribution < 1.29 is 14.2 Å². The normalized spacial score (nSPS) is 10.6. The van der Waals surface area contributed by atoms with Crippen LogP contribution in [0.1, 0.15) is 5.56 Å². The van der Waals surface area contributed by atoms with Crippen LogP contribution in [0.15, 0.2) is 28.7 Å². The van der Waals surface area contributed by atoms with Crippen LogP contribution in [0.5, 0.6) is 0 Å². The highest BCUT2D eigenvalue weighted by molar-refractivity contribution is 9.10. The molecule has 90 valence electrons. The third-order valence-corrected chi connectivity index (χ3v) is 2.45. The largest absolute Gasteiger partial charge is 0.382 e. The second-order valence-electron chi connectivity index (χ2n) is 3.29. The molecule has 0 fully saturated rings. The summed E-state index contributed by atoms with van der Waals surface area (Å²) in [6.07, 6.45) is 0. The van der Waals surface area contributed by atoms with Crippen molar-refractivity contribution in [1.29, 1.82) is 0 Å². The molecule has 0 bridgehead atoms. The summed E-state index contributed by atoms with van der Waals surface area (Å²) >= 11 is 3.42. The van der Waals surface area contributed by atoms with Crippen LogP contribution in [0.3, 0.4) is 0 Å². The van der Waals surface area contributed by atoms with Crippen molar-refractivity contribution in [2.24, 2.45) is 0 Å². The van der Waals surface area contributed by atoms with Crippen LogP contribution in [0.2, 0.25) is 0 Å². The molecule has 3 nitrogen and oxygen atoms in total. The van der Waals surface area contributed by atoms with Gasteiger partial charge in [-0.1, -0.05) is 28.1 Å². The second kappa shape index (κ2) is 8.70. The van der Waals surface area contributed by atoms with Gasteiger partial charge < -0.3 is 14.2 Å². The van der Waals surface area contributed by atoms with Crippen LogP contribution < -0.4 is 0 Å². The van der Waals surface area contributed by atoms with E-state index in [4.69, 9.17) is 14.2 Å². The molecule has 0 aliphatic carbocycles. The molecule has 0 radical (unpaired) electrons. The molecule has 1 aromatic carbocycles. The van der Waals surface area contributed by atoms with E-state index in [0.717, 1.165) is 10.0 Å². The Balaban J connectivity index is 2.03. The third kappa shape index (κ3) is 6.23. The molecule has 0 amide bonds. The van der Waals surface area contributed by atoms with E-state index in [9.17, 15) is 0 Å². The first-order valence-electron chi connectivity index (χ1n) is 5.22. The quantitative estimate of drug-likeness (QED) is 0.689. The standard InChI is InChI=1S/C12H17BrO3/c1-14-5-6-15-7-8-16-10-11-3-2-4-12(13)9-11/h2-4,9H,5-8,10H2,1H3. The Hall–Kier alpha value is -0.420. The van der Waals surface area contributed by atoms with E-state index >= 15 is 0 Å². The minimum atomic E-state index is 0.607.